The molecule has 0 bridgehead atoms. The zero-order valence-electron chi connectivity index (χ0n) is 8.93. The number of hydrogen-bond acceptors (Lipinski definition) is 2. The van der Waals surface area contributed by atoms with Crippen LogP contribution in [0.15, 0.2) is 18.2 Å². The zero-order chi connectivity index (χ0) is 12.0. The first-order valence-electron chi connectivity index (χ1n) is 4.88. The average molecular weight is 246 g/mol. The summed E-state index contributed by atoms with van der Waals surface area (Å²) in [5.74, 6) is -0.966. The number of carbonyl (C=O) groups is 1. The molecule has 0 fully saturated rings. The molecule has 0 aliphatic carbocycles. The Labute approximate surface area is 98.5 Å². The molecule has 0 spiro atoms. The second-order valence-corrected chi connectivity index (χ2v) is 3.58. The van der Waals surface area contributed by atoms with Crippen LogP contribution in [-0.2, 0) is 4.74 Å². The van der Waals surface area contributed by atoms with Gasteiger partial charge in [-0.1, -0.05) is 17.7 Å². The highest BCUT2D eigenvalue weighted by Crippen LogP contribution is 2.19. The number of carbonyl (C=O) groups excluding carboxylic acids is 1. The minimum atomic E-state index is -0.591. The second-order valence-electron chi connectivity index (χ2n) is 3.20. The second kappa shape index (κ2) is 6.45. The van der Waals surface area contributed by atoms with Crippen LogP contribution in [0, 0.1) is 5.82 Å². The first-order valence-corrected chi connectivity index (χ1v) is 5.25. The van der Waals surface area contributed by atoms with Gasteiger partial charge in [-0.15, -0.1) is 0 Å². The van der Waals surface area contributed by atoms with E-state index in [-0.39, 0.29) is 16.5 Å². The monoisotopic (exact) mass is 245 g/mol. The van der Waals surface area contributed by atoms with Gasteiger partial charge in [-0.3, -0.25) is 4.79 Å². The van der Waals surface area contributed by atoms with Crippen molar-refractivity contribution in [3.8, 4) is 0 Å². The van der Waals surface area contributed by atoms with E-state index in [1.165, 1.54) is 18.2 Å². The van der Waals surface area contributed by atoms with Gasteiger partial charge in [0.25, 0.3) is 5.91 Å². The molecule has 0 aliphatic heterocycles. The molecular formula is C11H13ClFNO2. The molecule has 88 valence electrons. The van der Waals surface area contributed by atoms with Crippen molar-refractivity contribution in [2.24, 2.45) is 0 Å². The smallest absolute Gasteiger partial charge is 0.252 e. The predicted octanol–water partition coefficient (Wildman–Crippen LogP) is 2.25. The third-order valence-corrected chi connectivity index (χ3v) is 2.39. The fraction of sp³-hybridized carbons (Fsp3) is 0.364. The van der Waals surface area contributed by atoms with Gasteiger partial charge in [0.05, 0.1) is 10.6 Å². The molecule has 1 amide bonds. The minimum Gasteiger partial charge on any atom is -0.385 e. The van der Waals surface area contributed by atoms with Gasteiger partial charge < -0.3 is 10.1 Å². The third-order valence-electron chi connectivity index (χ3n) is 2.01. The van der Waals surface area contributed by atoms with Crippen molar-refractivity contribution in [1.82, 2.24) is 5.32 Å². The number of benzene rings is 1. The molecular weight excluding hydrogens is 233 g/mol. The molecule has 5 heteroatoms. The van der Waals surface area contributed by atoms with Crippen molar-refractivity contribution in [3.05, 3.63) is 34.6 Å². The van der Waals surface area contributed by atoms with E-state index in [9.17, 15) is 9.18 Å². The van der Waals surface area contributed by atoms with Crippen LogP contribution in [0.2, 0.25) is 5.02 Å². The molecule has 1 aromatic carbocycles. The quantitative estimate of drug-likeness (QED) is 0.808. The van der Waals surface area contributed by atoms with E-state index >= 15 is 0 Å². The van der Waals surface area contributed by atoms with Gasteiger partial charge in [-0.05, 0) is 18.6 Å². The van der Waals surface area contributed by atoms with Gasteiger partial charge >= 0.3 is 0 Å². The lowest BCUT2D eigenvalue weighted by Gasteiger charge is -2.06. The van der Waals surface area contributed by atoms with Crippen molar-refractivity contribution in [3.63, 3.8) is 0 Å². The average Bonchev–Trinajstić information content (AvgIpc) is 2.28. The van der Waals surface area contributed by atoms with Crippen molar-refractivity contribution in [1.29, 1.82) is 0 Å². The van der Waals surface area contributed by atoms with Gasteiger partial charge in [0, 0.05) is 20.3 Å². The van der Waals surface area contributed by atoms with Crippen molar-refractivity contribution in [2.45, 2.75) is 6.42 Å². The summed E-state index contributed by atoms with van der Waals surface area (Å²) < 4.78 is 17.9. The van der Waals surface area contributed by atoms with Gasteiger partial charge in [-0.25, -0.2) is 4.39 Å². The highest BCUT2D eigenvalue weighted by atomic mass is 35.5. The van der Waals surface area contributed by atoms with Gasteiger partial charge in [-0.2, -0.15) is 0 Å². The summed E-state index contributed by atoms with van der Waals surface area (Å²) in [5.41, 5.74) is 0.152. The Bertz CT molecular complexity index is 371. The predicted molar refractivity (Wildman–Crippen MR) is 60.2 cm³/mol. The van der Waals surface area contributed by atoms with Gasteiger partial charge in [0.2, 0.25) is 0 Å². The van der Waals surface area contributed by atoms with Gasteiger partial charge in [0.15, 0.2) is 0 Å². The maximum absolute atomic E-state index is 13.1. The maximum Gasteiger partial charge on any atom is 0.252 e. The lowest BCUT2D eigenvalue weighted by Crippen LogP contribution is -2.25. The first-order chi connectivity index (χ1) is 7.66. The molecule has 0 saturated carbocycles. The standard InChI is InChI=1S/C11H13ClFNO2/c1-16-7-3-6-14-11(15)8-4-2-5-9(13)10(8)12/h2,4-5H,3,6-7H2,1H3,(H,14,15). The first kappa shape index (κ1) is 12.9. The molecule has 0 aliphatic rings. The summed E-state index contributed by atoms with van der Waals surface area (Å²) in [5, 5.41) is 2.49. The molecule has 0 aromatic heterocycles. The highest BCUT2D eigenvalue weighted by molar-refractivity contribution is 6.34. The van der Waals surface area contributed by atoms with Crippen molar-refractivity contribution >= 4 is 17.5 Å². The summed E-state index contributed by atoms with van der Waals surface area (Å²) >= 11 is 5.67. The van der Waals surface area contributed by atoms with E-state index in [4.69, 9.17) is 16.3 Å². The van der Waals surface area contributed by atoms with E-state index in [1.54, 1.807) is 7.11 Å². The van der Waals surface area contributed by atoms with Crippen LogP contribution in [0.3, 0.4) is 0 Å². The Morgan fingerprint density at radius 1 is 1.56 bits per heavy atom. The Balaban J connectivity index is 2.56. The fourth-order valence-corrected chi connectivity index (χ4v) is 1.40. The normalized spacial score (nSPS) is 10.2. The molecule has 16 heavy (non-hydrogen) atoms. The Hall–Kier alpha value is -1.13. The van der Waals surface area contributed by atoms with Crippen LogP contribution in [0.5, 0.6) is 0 Å². The number of rotatable bonds is 5. The molecule has 3 nitrogen and oxygen atoms in total. The summed E-state index contributed by atoms with van der Waals surface area (Å²) in [6.07, 6.45) is 0.704. The van der Waals surface area contributed by atoms with Crippen LogP contribution >= 0.6 is 11.6 Å². The molecule has 0 saturated heterocycles. The summed E-state index contributed by atoms with van der Waals surface area (Å²) in [6.45, 7) is 1.04. The number of hydrogen-bond donors (Lipinski definition) is 1. The third kappa shape index (κ3) is 3.47. The van der Waals surface area contributed by atoms with E-state index in [2.05, 4.69) is 5.32 Å². The maximum atomic E-state index is 13.1. The summed E-state index contributed by atoms with van der Waals surface area (Å²) in [7, 11) is 1.59. The summed E-state index contributed by atoms with van der Waals surface area (Å²) in [6, 6.07) is 4.15. The Kier molecular flexibility index (Phi) is 5.22. The fourth-order valence-electron chi connectivity index (χ4n) is 1.19. The number of ether oxygens (including phenoxy) is 1. The van der Waals surface area contributed by atoms with Crippen LogP contribution in [0.4, 0.5) is 4.39 Å². The van der Waals surface area contributed by atoms with Crippen LogP contribution in [-0.4, -0.2) is 26.2 Å². The largest absolute Gasteiger partial charge is 0.385 e. The summed E-state index contributed by atoms with van der Waals surface area (Å²) in [4.78, 5) is 11.6. The molecule has 0 radical (unpaired) electrons. The molecule has 0 unspecified atom stereocenters. The van der Waals surface area contributed by atoms with Gasteiger partial charge in [0.1, 0.15) is 5.82 Å². The Morgan fingerprint density at radius 3 is 3.00 bits per heavy atom. The lowest BCUT2D eigenvalue weighted by atomic mass is 10.2. The lowest BCUT2D eigenvalue weighted by molar-refractivity contribution is 0.0948. The number of amides is 1. The molecule has 0 atom stereocenters. The molecule has 0 heterocycles. The van der Waals surface area contributed by atoms with Crippen molar-refractivity contribution < 1.29 is 13.9 Å². The van der Waals surface area contributed by atoms with Crippen LogP contribution in [0.1, 0.15) is 16.8 Å². The SMILES string of the molecule is COCCCNC(=O)c1cccc(F)c1Cl. The highest BCUT2D eigenvalue weighted by Gasteiger charge is 2.12. The van der Waals surface area contributed by atoms with E-state index < -0.39 is 5.82 Å². The Morgan fingerprint density at radius 2 is 2.31 bits per heavy atom. The molecule has 1 rings (SSSR count). The minimum absolute atomic E-state index is 0.147. The molecule has 1 N–H and O–H groups in total. The van der Waals surface area contributed by atoms with E-state index in [0.29, 0.717) is 19.6 Å². The van der Waals surface area contributed by atoms with E-state index in [1.807, 2.05) is 0 Å². The van der Waals surface area contributed by atoms with Crippen molar-refractivity contribution in [2.75, 3.05) is 20.3 Å². The van der Waals surface area contributed by atoms with E-state index in [0.717, 1.165) is 0 Å². The van der Waals surface area contributed by atoms with Crippen LogP contribution in [0.25, 0.3) is 0 Å². The number of halogens is 2. The molecule has 1 aromatic rings. The number of nitrogens with one attached hydrogen (secondary N) is 1. The van der Waals surface area contributed by atoms with Crippen LogP contribution < -0.4 is 5.32 Å². The topological polar surface area (TPSA) is 38.3 Å². The number of methoxy groups -OCH3 is 1. The zero-order valence-corrected chi connectivity index (χ0v) is 9.68.